The normalized spacial score (nSPS) is 19.9. The lowest BCUT2D eigenvalue weighted by molar-refractivity contribution is -0.127. The number of nitrogens with one attached hydrogen (secondary N) is 2. The molecule has 2 rings (SSSR count). The number of piperidine rings is 1. The summed E-state index contributed by atoms with van der Waals surface area (Å²) in [7, 11) is 0. The zero-order valence-electron chi connectivity index (χ0n) is 12.0. The van der Waals surface area contributed by atoms with Gasteiger partial charge in [-0.15, -0.1) is 0 Å². The molecular formula is C15H20BrFN2O2. The first kappa shape index (κ1) is 16.2. The zero-order chi connectivity index (χ0) is 15.2. The molecule has 21 heavy (non-hydrogen) atoms. The fraction of sp³-hybridized carbons (Fsp3) is 0.533. The molecular weight excluding hydrogens is 339 g/mol. The first-order valence-electron chi connectivity index (χ1n) is 7.16. The van der Waals surface area contributed by atoms with E-state index in [2.05, 4.69) is 26.6 Å². The quantitative estimate of drug-likeness (QED) is 0.849. The summed E-state index contributed by atoms with van der Waals surface area (Å²) in [5, 5.41) is 6.23. The predicted molar refractivity (Wildman–Crippen MR) is 82.8 cm³/mol. The van der Waals surface area contributed by atoms with Crippen LogP contribution in [0.15, 0.2) is 22.7 Å². The maximum absolute atomic E-state index is 13.0. The van der Waals surface area contributed by atoms with Crippen molar-refractivity contribution in [2.24, 2.45) is 5.92 Å². The molecule has 2 unspecified atom stereocenters. The number of amides is 1. The van der Waals surface area contributed by atoms with Crippen LogP contribution in [0.25, 0.3) is 0 Å². The monoisotopic (exact) mass is 358 g/mol. The molecule has 1 aliphatic rings. The molecule has 0 saturated carbocycles. The highest BCUT2D eigenvalue weighted by molar-refractivity contribution is 9.10. The largest absolute Gasteiger partial charge is 0.480 e. The van der Waals surface area contributed by atoms with Crippen molar-refractivity contribution in [2.45, 2.75) is 25.9 Å². The molecule has 1 heterocycles. The van der Waals surface area contributed by atoms with E-state index in [1.54, 1.807) is 6.92 Å². The standard InChI is InChI=1S/C15H20BrFN2O2/c1-10(21-14-5-4-12(17)7-13(14)16)15(20)19-9-11-3-2-6-18-8-11/h4-5,7,10-11,18H,2-3,6,8-9H2,1H3,(H,19,20). The molecule has 0 aromatic heterocycles. The number of carbonyl (C=O) groups excluding carboxylic acids is 1. The molecule has 2 N–H and O–H groups in total. The Bertz CT molecular complexity index is 493. The van der Waals surface area contributed by atoms with Crippen LogP contribution in [0.1, 0.15) is 19.8 Å². The highest BCUT2D eigenvalue weighted by Gasteiger charge is 2.19. The third-order valence-electron chi connectivity index (χ3n) is 3.53. The average molecular weight is 359 g/mol. The van der Waals surface area contributed by atoms with Crippen LogP contribution in [0, 0.1) is 11.7 Å². The smallest absolute Gasteiger partial charge is 0.260 e. The van der Waals surface area contributed by atoms with E-state index in [4.69, 9.17) is 4.74 Å². The molecule has 116 valence electrons. The van der Waals surface area contributed by atoms with Crippen molar-refractivity contribution in [1.82, 2.24) is 10.6 Å². The molecule has 1 saturated heterocycles. The molecule has 4 nitrogen and oxygen atoms in total. The highest BCUT2D eigenvalue weighted by Crippen LogP contribution is 2.26. The van der Waals surface area contributed by atoms with E-state index in [0.717, 1.165) is 25.9 Å². The summed E-state index contributed by atoms with van der Waals surface area (Å²) in [4.78, 5) is 12.0. The third-order valence-corrected chi connectivity index (χ3v) is 4.15. The number of rotatable bonds is 5. The Kier molecular flexibility index (Phi) is 5.99. The van der Waals surface area contributed by atoms with Gasteiger partial charge in [0.15, 0.2) is 6.10 Å². The van der Waals surface area contributed by atoms with E-state index in [9.17, 15) is 9.18 Å². The molecule has 1 amide bonds. The maximum atomic E-state index is 13.0. The Labute approximate surface area is 132 Å². The Balaban J connectivity index is 1.81. The van der Waals surface area contributed by atoms with Crippen molar-refractivity contribution in [3.8, 4) is 5.75 Å². The minimum Gasteiger partial charge on any atom is -0.480 e. The zero-order valence-corrected chi connectivity index (χ0v) is 13.6. The van der Waals surface area contributed by atoms with Gasteiger partial charge in [-0.2, -0.15) is 0 Å². The number of ether oxygens (including phenoxy) is 1. The van der Waals surface area contributed by atoms with Crippen molar-refractivity contribution in [2.75, 3.05) is 19.6 Å². The minimum absolute atomic E-state index is 0.156. The number of hydrogen-bond acceptors (Lipinski definition) is 3. The highest BCUT2D eigenvalue weighted by atomic mass is 79.9. The van der Waals surface area contributed by atoms with Gasteiger partial charge in [0.2, 0.25) is 0 Å². The molecule has 6 heteroatoms. The minimum atomic E-state index is -0.622. The molecule has 1 fully saturated rings. The summed E-state index contributed by atoms with van der Waals surface area (Å²) < 4.78 is 19.1. The Morgan fingerprint density at radius 2 is 2.43 bits per heavy atom. The van der Waals surface area contributed by atoms with Crippen LogP contribution in [0.4, 0.5) is 4.39 Å². The van der Waals surface area contributed by atoms with E-state index in [-0.39, 0.29) is 11.7 Å². The van der Waals surface area contributed by atoms with Gasteiger partial charge in [0.1, 0.15) is 11.6 Å². The van der Waals surface area contributed by atoms with Gasteiger partial charge in [-0.25, -0.2) is 4.39 Å². The molecule has 0 aliphatic carbocycles. The molecule has 1 aromatic rings. The van der Waals surface area contributed by atoms with Crippen molar-refractivity contribution in [3.05, 3.63) is 28.5 Å². The van der Waals surface area contributed by atoms with Crippen molar-refractivity contribution in [3.63, 3.8) is 0 Å². The van der Waals surface area contributed by atoms with Gasteiger partial charge in [-0.3, -0.25) is 4.79 Å². The predicted octanol–water partition coefficient (Wildman–Crippen LogP) is 2.47. The fourth-order valence-electron chi connectivity index (χ4n) is 2.30. The molecule has 0 bridgehead atoms. The summed E-state index contributed by atoms with van der Waals surface area (Å²) in [6, 6.07) is 4.13. The van der Waals surface area contributed by atoms with Crippen molar-refractivity contribution < 1.29 is 13.9 Å². The van der Waals surface area contributed by atoms with Crippen LogP contribution in [0.5, 0.6) is 5.75 Å². The van der Waals surface area contributed by atoms with Crippen LogP contribution in [0.3, 0.4) is 0 Å². The van der Waals surface area contributed by atoms with Crippen LogP contribution in [0.2, 0.25) is 0 Å². The molecule has 1 aromatic carbocycles. The number of carbonyl (C=O) groups is 1. The molecule has 0 spiro atoms. The Morgan fingerprint density at radius 1 is 1.62 bits per heavy atom. The van der Waals surface area contributed by atoms with Gasteiger partial charge in [0.05, 0.1) is 4.47 Å². The lowest BCUT2D eigenvalue weighted by atomic mass is 10.00. The van der Waals surface area contributed by atoms with Crippen LogP contribution in [-0.4, -0.2) is 31.6 Å². The second-order valence-corrected chi connectivity index (χ2v) is 6.15. The van der Waals surface area contributed by atoms with E-state index >= 15 is 0 Å². The molecule has 2 atom stereocenters. The summed E-state index contributed by atoms with van der Waals surface area (Å²) in [6.07, 6.45) is 1.66. The fourth-order valence-corrected chi connectivity index (χ4v) is 2.75. The van der Waals surface area contributed by atoms with E-state index in [1.807, 2.05) is 0 Å². The number of halogens is 2. The number of hydrogen-bond donors (Lipinski definition) is 2. The Morgan fingerprint density at radius 3 is 3.10 bits per heavy atom. The molecule has 0 radical (unpaired) electrons. The summed E-state index contributed by atoms with van der Waals surface area (Å²) >= 11 is 3.22. The van der Waals surface area contributed by atoms with E-state index < -0.39 is 6.10 Å². The number of benzene rings is 1. The van der Waals surface area contributed by atoms with Crippen LogP contribution < -0.4 is 15.4 Å². The SMILES string of the molecule is CC(Oc1ccc(F)cc1Br)C(=O)NCC1CCCNC1. The van der Waals surface area contributed by atoms with Gasteiger partial charge < -0.3 is 15.4 Å². The maximum Gasteiger partial charge on any atom is 0.260 e. The lowest BCUT2D eigenvalue weighted by Gasteiger charge is -2.24. The van der Waals surface area contributed by atoms with E-state index in [0.29, 0.717) is 22.7 Å². The van der Waals surface area contributed by atoms with Crippen molar-refractivity contribution in [1.29, 1.82) is 0 Å². The van der Waals surface area contributed by atoms with Crippen LogP contribution in [-0.2, 0) is 4.79 Å². The topological polar surface area (TPSA) is 50.4 Å². The van der Waals surface area contributed by atoms with E-state index in [1.165, 1.54) is 18.2 Å². The lowest BCUT2D eigenvalue weighted by Crippen LogP contribution is -2.42. The van der Waals surface area contributed by atoms with Gasteiger partial charge >= 0.3 is 0 Å². The van der Waals surface area contributed by atoms with Gasteiger partial charge in [-0.05, 0) is 72.9 Å². The summed E-state index contributed by atoms with van der Waals surface area (Å²) in [5.74, 6) is 0.429. The summed E-state index contributed by atoms with van der Waals surface area (Å²) in [6.45, 7) is 4.34. The first-order valence-corrected chi connectivity index (χ1v) is 7.95. The second kappa shape index (κ2) is 7.75. The first-order chi connectivity index (χ1) is 10.1. The Hall–Kier alpha value is -1.14. The van der Waals surface area contributed by atoms with Gasteiger partial charge in [0, 0.05) is 6.54 Å². The average Bonchev–Trinajstić information content (AvgIpc) is 2.48. The third kappa shape index (κ3) is 4.97. The van der Waals surface area contributed by atoms with Gasteiger partial charge in [0.25, 0.3) is 5.91 Å². The van der Waals surface area contributed by atoms with Crippen LogP contribution >= 0.6 is 15.9 Å². The summed E-state index contributed by atoms with van der Waals surface area (Å²) in [5.41, 5.74) is 0. The van der Waals surface area contributed by atoms with Crippen molar-refractivity contribution >= 4 is 21.8 Å². The second-order valence-electron chi connectivity index (χ2n) is 5.29. The van der Waals surface area contributed by atoms with Gasteiger partial charge in [-0.1, -0.05) is 0 Å². The molecule has 1 aliphatic heterocycles.